The highest BCUT2D eigenvalue weighted by molar-refractivity contribution is 7.27. The van der Waals surface area contributed by atoms with Crippen molar-refractivity contribution in [3.63, 3.8) is 0 Å². The number of fused-ring (bicyclic) bond motifs is 13. The van der Waals surface area contributed by atoms with Gasteiger partial charge in [-0.3, -0.25) is 0 Å². The van der Waals surface area contributed by atoms with Crippen LogP contribution in [0.4, 0.5) is 0 Å². The number of aromatic nitrogens is 2. The molecule has 57 heavy (non-hydrogen) atoms. The van der Waals surface area contributed by atoms with Crippen LogP contribution in [0.25, 0.3) is 118 Å². The summed E-state index contributed by atoms with van der Waals surface area (Å²) >= 11 is 3.76. The molecule has 0 aliphatic rings. The van der Waals surface area contributed by atoms with E-state index in [1.165, 1.54) is 68.2 Å². The summed E-state index contributed by atoms with van der Waals surface area (Å²) in [5, 5.41) is 7.42. The van der Waals surface area contributed by atoms with Crippen molar-refractivity contribution < 1.29 is 4.42 Å². The molecule has 5 heteroatoms. The number of hydrogen-bond donors (Lipinski definition) is 0. The van der Waals surface area contributed by atoms with Crippen LogP contribution < -0.4 is 0 Å². The van der Waals surface area contributed by atoms with E-state index >= 15 is 0 Å². The fourth-order valence-corrected chi connectivity index (χ4v) is 11.6. The second kappa shape index (κ2) is 11.8. The predicted molar refractivity (Wildman–Crippen MR) is 244 cm³/mol. The van der Waals surface area contributed by atoms with Crippen molar-refractivity contribution in [2.45, 2.75) is 0 Å². The van der Waals surface area contributed by atoms with E-state index in [0.29, 0.717) is 0 Å². The lowest BCUT2D eigenvalue weighted by molar-refractivity contribution is 0.674. The molecule has 0 amide bonds. The van der Waals surface area contributed by atoms with Gasteiger partial charge in [0.25, 0.3) is 0 Å². The van der Waals surface area contributed by atoms with Crippen molar-refractivity contribution in [1.82, 2.24) is 9.13 Å². The fraction of sp³-hybridized carbons (Fsp3) is 0. The van der Waals surface area contributed by atoms with Crippen LogP contribution in [0.5, 0.6) is 0 Å². The molecule has 0 N–H and O–H groups in total. The van der Waals surface area contributed by atoms with Gasteiger partial charge in [-0.1, -0.05) is 115 Å². The molecule has 0 saturated carbocycles. The molecule has 0 radical (unpaired) electrons. The molecule has 0 bridgehead atoms. The Kier molecular flexibility index (Phi) is 6.48. The summed E-state index contributed by atoms with van der Waals surface area (Å²) in [6.45, 7) is 0. The van der Waals surface area contributed by atoms with Crippen LogP contribution in [-0.2, 0) is 0 Å². The van der Waals surface area contributed by atoms with Crippen LogP contribution in [0.3, 0.4) is 0 Å². The number of para-hydroxylation sites is 5. The van der Waals surface area contributed by atoms with Gasteiger partial charge in [0.2, 0.25) is 0 Å². The Morgan fingerprint density at radius 3 is 1.58 bits per heavy atom. The number of hydrogen-bond acceptors (Lipinski definition) is 3. The summed E-state index contributed by atoms with van der Waals surface area (Å²) in [6.07, 6.45) is 0. The van der Waals surface area contributed by atoms with Gasteiger partial charge in [0.15, 0.2) is 5.58 Å². The second-order valence-electron chi connectivity index (χ2n) is 14.9. The maximum absolute atomic E-state index is 6.87. The molecule has 0 saturated heterocycles. The van der Waals surface area contributed by atoms with Gasteiger partial charge >= 0.3 is 0 Å². The van der Waals surface area contributed by atoms with Gasteiger partial charge in [0.05, 0.1) is 21.3 Å². The van der Waals surface area contributed by atoms with Gasteiger partial charge in [-0.05, 0) is 83.4 Å². The Labute approximate surface area is 334 Å². The van der Waals surface area contributed by atoms with Crippen LogP contribution in [0.15, 0.2) is 186 Å². The van der Waals surface area contributed by atoms with Crippen molar-refractivity contribution in [3.8, 4) is 33.6 Å². The Bertz CT molecular complexity index is 3750. The van der Waals surface area contributed by atoms with E-state index in [2.05, 4.69) is 191 Å². The van der Waals surface area contributed by atoms with E-state index in [4.69, 9.17) is 4.42 Å². The summed E-state index contributed by atoms with van der Waals surface area (Å²) in [6, 6.07) is 66.1. The Morgan fingerprint density at radius 2 is 0.877 bits per heavy atom. The maximum atomic E-state index is 6.87. The maximum Gasteiger partial charge on any atom is 0.161 e. The zero-order valence-corrected chi connectivity index (χ0v) is 32.1. The van der Waals surface area contributed by atoms with Crippen LogP contribution in [0, 0.1) is 0 Å². The van der Waals surface area contributed by atoms with Gasteiger partial charge in [0.1, 0.15) is 11.1 Å². The molecule has 13 rings (SSSR count). The number of benzene rings is 8. The number of nitrogens with zero attached hydrogens (tertiary/aromatic N) is 2. The smallest absolute Gasteiger partial charge is 0.161 e. The van der Waals surface area contributed by atoms with E-state index in [1.807, 2.05) is 22.7 Å². The van der Waals surface area contributed by atoms with Gasteiger partial charge in [0, 0.05) is 63.4 Å². The van der Waals surface area contributed by atoms with Gasteiger partial charge in [-0.2, -0.15) is 0 Å². The average molecular weight is 763 g/mol. The summed E-state index contributed by atoms with van der Waals surface area (Å²) < 4.78 is 16.9. The number of furan rings is 1. The molecule has 3 nitrogen and oxygen atoms in total. The van der Waals surface area contributed by atoms with Crippen LogP contribution in [0.1, 0.15) is 0 Å². The normalized spacial score (nSPS) is 12.2. The fourth-order valence-electron chi connectivity index (χ4n) is 9.18. The molecule has 13 aromatic rings. The lowest BCUT2D eigenvalue weighted by Gasteiger charge is -2.08. The minimum absolute atomic E-state index is 0.922. The van der Waals surface area contributed by atoms with Gasteiger partial charge in [-0.15, -0.1) is 22.7 Å². The third-order valence-electron chi connectivity index (χ3n) is 11.7. The molecular formula is C52H30N2OS2. The van der Waals surface area contributed by atoms with E-state index in [1.54, 1.807) is 0 Å². The molecule has 0 fully saturated rings. The molecule has 0 aliphatic carbocycles. The first-order chi connectivity index (χ1) is 28.3. The van der Waals surface area contributed by atoms with Crippen LogP contribution in [0.2, 0.25) is 0 Å². The van der Waals surface area contributed by atoms with E-state index in [9.17, 15) is 0 Å². The van der Waals surface area contributed by atoms with Crippen molar-refractivity contribution in [2.24, 2.45) is 0 Å². The van der Waals surface area contributed by atoms with E-state index in [-0.39, 0.29) is 0 Å². The van der Waals surface area contributed by atoms with Crippen LogP contribution in [-0.4, -0.2) is 9.13 Å². The first kappa shape index (κ1) is 31.3. The molecule has 0 spiro atoms. The van der Waals surface area contributed by atoms with Crippen molar-refractivity contribution in [3.05, 3.63) is 182 Å². The van der Waals surface area contributed by atoms with Gasteiger partial charge in [-0.25, -0.2) is 0 Å². The monoisotopic (exact) mass is 762 g/mol. The lowest BCUT2D eigenvalue weighted by Crippen LogP contribution is -1.92. The number of thiophene rings is 2. The van der Waals surface area contributed by atoms with E-state index in [0.717, 1.165) is 49.8 Å². The summed E-state index contributed by atoms with van der Waals surface area (Å²) in [4.78, 5) is 0. The Morgan fingerprint density at radius 1 is 0.351 bits per heavy atom. The Balaban J connectivity index is 0.925. The first-order valence-corrected chi connectivity index (χ1v) is 20.9. The quantitative estimate of drug-likeness (QED) is 0.175. The minimum atomic E-state index is 0.922. The molecule has 8 aromatic carbocycles. The molecule has 0 aliphatic heterocycles. The van der Waals surface area contributed by atoms with Crippen molar-refractivity contribution in [2.75, 3.05) is 0 Å². The first-order valence-electron chi connectivity index (χ1n) is 19.3. The minimum Gasteiger partial charge on any atom is -0.453 e. The third kappa shape index (κ3) is 4.47. The Hall–Kier alpha value is -6.92. The second-order valence-corrected chi connectivity index (χ2v) is 17.0. The number of rotatable bonds is 4. The third-order valence-corrected chi connectivity index (χ3v) is 14.0. The van der Waals surface area contributed by atoms with Crippen molar-refractivity contribution in [1.29, 1.82) is 0 Å². The van der Waals surface area contributed by atoms with Gasteiger partial charge < -0.3 is 13.6 Å². The summed E-state index contributed by atoms with van der Waals surface area (Å²) in [7, 11) is 0. The summed E-state index contributed by atoms with van der Waals surface area (Å²) in [5.74, 6) is 0. The van der Waals surface area contributed by atoms with E-state index < -0.39 is 0 Å². The molecule has 5 heterocycles. The zero-order valence-electron chi connectivity index (χ0n) is 30.4. The average Bonchev–Trinajstić information content (AvgIpc) is 4.07. The predicted octanol–water partition coefficient (Wildman–Crippen LogP) is 15.5. The SMILES string of the molecule is c1ccc(-n2c3ccccc3c3oc4c(-c5ccc6c(c5)sc5cc(-c7ccc8c(c7)sc7c9ccccc9n(-c9ccccc9)c87)ccc56)cccc4c32)cc1. The molecular weight excluding hydrogens is 733 g/mol. The highest BCUT2D eigenvalue weighted by atomic mass is 32.1. The van der Waals surface area contributed by atoms with Crippen molar-refractivity contribution >= 4 is 107 Å². The van der Waals surface area contributed by atoms with Crippen LogP contribution >= 0.6 is 22.7 Å². The molecule has 0 atom stereocenters. The highest BCUT2D eigenvalue weighted by Gasteiger charge is 2.22. The zero-order chi connectivity index (χ0) is 37.2. The summed E-state index contributed by atoms with van der Waals surface area (Å²) in [5.41, 5.74) is 13.7. The molecule has 5 aromatic heterocycles. The topological polar surface area (TPSA) is 23.0 Å². The molecule has 266 valence electrons. The largest absolute Gasteiger partial charge is 0.453 e. The highest BCUT2D eigenvalue weighted by Crippen LogP contribution is 2.46. The lowest BCUT2D eigenvalue weighted by atomic mass is 10.0. The standard InChI is InChI=1S/C52H30N2OS2/c1-3-12-34(13-4-1)53-43-20-9-7-16-39(43)51-48(53)42-19-11-18-36(50(42)55-51)33-24-26-38-37-25-22-31(28-45(37)56-46(38)30-33)32-23-27-41-47(29-32)57-52-40-17-8-10-21-44(40)54(49(41)52)35-14-5-2-6-15-35/h1-30H. The molecule has 0 unspecified atom stereocenters.